The number of amides is 1. The van der Waals surface area contributed by atoms with Crippen molar-refractivity contribution in [3.05, 3.63) is 54.1 Å². The van der Waals surface area contributed by atoms with Crippen molar-refractivity contribution in [2.45, 2.75) is 19.9 Å². The number of rotatable bonds is 9. The maximum absolute atomic E-state index is 12.0. The molecule has 2 aromatic rings. The molecule has 3 rings (SSSR count). The molecular formula is C22H28N2O4. The predicted molar refractivity (Wildman–Crippen MR) is 109 cm³/mol. The molecule has 2 aromatic carbocycles. The molecule has 0 atom stereocenters. The molecule has 0 unspecified atom stereocenters. The molecular weight excluding hydrogens is 356 g/mol. The van der Waals surface area contributed by atoms with Gasteiger partial charge in [-0.2, -0.15) is 0 Å². The molecule has 28 heavy (non-hydrogen) atoms. The molecule has 1 N–H and O–H groups in total. The number of hydrogen-bond acceptors (Lipinski definition) is 5. The van der Waals surface area contributed by atoms with Gasteiger partial charge in [-0.15, -0.1) is 0 Å². The van der Waals surface area contributed by atoms with Crippen LogP contribution in [0.2, 0.25) is 0 Å². The first-order valence-corrected chi connectivity index (χ1v) is 9.78. The number of anilines is 1. The van der Waals surface area contributed by atoms with E-state index in [9.17, 15) is 4.79 Å². The van der Waals surface area contributed by atoms with E-state index in [-0.39, 0.29) is 12.5 Å². The smallest absolute Gasteiger partial charge is 0.258 e. The highest BCUT2D eigenvalue weighted by molar-refractivity contribution is 5.77. The van der Waals surface area contributed by atoms with Crippen LogP contribution < -0.4 is 19.7 Å². The molecule has 0 aliphatic carbocycles. The van der Waals surface area contributed by atoms with Crippen molar-refractivity contribution < 1.29 is 19.0 Å². The molecule has 0 bridgehead atoms. The molecule has 1 heterocycles. The number of ether oxygens (including phenoxy) is 3. The highest BCUT2D eigenvalue weighted by atomic mass is 16.5. The van der Waals surface area contributed by atoms with Crippen molar-refractivity contribution >= 4 is 11.6 Å². The van der Waals surface area contributed by atoms with Crippen LogP contribution in [-0.2, 0) is 16.1 Å². The van der Waals surface area contributed by atoms with Gasteiger partial charge in [-0.1, -0.05) is 19.1 Å². The van der Waals surface area contributed by atoms with Gasteiger partial charge in [-0.3, -0.25) is 4.79 Å². The van der Waals surface area contributed by atoms with Crippen molar-refractivity contribution in [1.29, 1.82) is 0 Å². The summed E-state index contributed by atoms with van der Waals surface area (Å²) in [5, 5.41) is 2.89. The molecule has 150 valence electrons. The van der Waals surface area contributed by atoms with E-state index >= 15 is 0 Å². The SMILES string of the molecule is CCCOc1ccc(OCC(=O)NCc2ccc(N3CCOCC3)cc2)cc1. The molecule has 1 fully saturated rings. The quantitative estimate of drug-likeness (QED) is 0.720. The molecule has 6 heteroatoms. The zero-order valence-electron chi connectivity index (χ0n) is 16.4. The van der Waals surface area contributed by atoms with Crippen LogP contribution >= 0.6 is 0 Å². The lowest BCUT2D eigenvalue weighted by Crippen LogP contribution is -2.36. The number of morpholine rings is 1. The lowest BCUT2D eigenvalue weighted by atomic mass is 10.2. The second kappa shape index (κ2) is 10.6. The van der Waals surface area contributed by atoms with E-state index < -0.39 is 0 Å². The Morgan fingerprint density at radius 2 is 1.64 bits per heavy atom. The van der Waals surface area contributed by atoms with Crippen LogP contribution in [0.15, 0.2) is 48.5 Å². The Hall–Kier alpha value is -2.73. The predicted octanol–water partition coefficient (Wildman–Crippen LogP) is 3.01. The fraction of sp³-hybridized carbons (Fsp3) is 0.409. The third kappa shape index (κ3) is 6.16. The standard InChI is InChI=1S/C22H28N2O4/c1-2-13-27-20-7-9-21(10-8-20)28-17-22(25)23-16-18-3-5-19(6-4-18)24-11-14-26-15-12-24/h3-10H,2,11-17H2,1H3,(H,23,25). The fourth-order valence-corrected chi connectivity index (χ4v) is 2.90. The van der Waals surface area contributed by atoms with E-state index in [2.05, 4.69) is 29.3 Å². The minimum absolute atomic E-state index is 0.0129. The van der Waals surface area contributed by atoms with Gasteiger partial charge in [0.25, 0.3) is 5.91 Å². The third-order valence-corrected chi connectivity index (χ3v) is 4.47. The van der Waals surface area contributed by atoms with Crippen LogP contribution in [0.25, 0.3) is 0 Å². The Morgan fingerprint density at radius 3 is 2.29 bits per heavy atom. The molecule has 1 amide bonds. The number of carbonyl (C=O) groups excluding carboxylic acids is 1. The summed E-state index contributed by atoms with van der Waals surface area (Å²) in [4.78, 5) is 14.3. The van der Waals surface area contributed by atoms with E-state index in [1.54, 1.807) is 0 Å². The maximum Gasteiger partial charge on any atom is 0.258 e. The van der Waals surface area contributed by atoms with Crippen molar-refractivity contribution in [2.24, 2.45) is 0 Å². The minimum Gasteiger partial charge on any atom is -0.494 e. The van der Waals surface area contributed by atoms with E-state index in [1.165, 1.54) is 5.69 Å². The van der Waals surface area contributed by atoms with E-state index in [4.69, 9.17) is 14.2 Å². The highest BCUT2D eigenvalue weighted by Crippen LogP contribution is 2.18. The van der Waals surface area contributed by atoms with Gasteiger partial charge in [0.1, 0.15) is 11.5 Å². The van der Waals surface area contributed by atoms with Crippen molar-refractivity contribution in [3.63, 3.8) is 0 Å². The van der Waals surface area contributed by atoms with Gasteiger partial charge in [-0.25, -0.2) is 0 Å². The average molecular weight is 384 g/mol. The van der Waals surface area contributed by atoms with Gasteiger partial charge in [-0.05, 0) is 48.4 Å². The summed E-state index contributed by atoms with van der Waals surface area (Å²) in [5.41, 5.74) is 2.25. The van der Waals surface area contributed by atoms with E-state index in [0.717, 1.165) is 44.0 Å². The summed E-state index contributed by atoms with van der Waals surface area (Å²) in [7, 11) is 0. The lowest BCUT2D eigenvalue weighted by molar-refractivity contribution is -0.123. The van der Waals surface area contributed by atoms with Crippen LogP contribution in [0.1, 0.15) is 18.9 Å². The molecule has 1 aliphatic rings. The second-order valence-electron chi connectivity index (χ2n) is 6.65. The van der Waals surface area contributed by atoms with Crippen LogP contribution in [-0.4, -0.2) is 45.4 Å². The third-order valence-electron chi connectivity index (χ3n) is 4.47. The first-order valence-electron chi connectivity index (χ1n) is 9.78. The molecule has 0 aromatic heterocycles. The maximum atomic E-state index is 12.0. The molecule has 1 aliphatic heterocycles. The number of nitrogens with zero attached hydrogens (tertiary/aromatic N) is 1. The first-order chi connectivity index (χ1) is 13.7. The topological polar surface area (TPSA) is 60.0 Å². The summed E-state index contributed by atoms with van der Waals surface area (Å²) < 4.78 is 16.4. The summed E-state index contributed by atoms with van der Waals surface area (Å²) in [6, 6.07) is 15.6. The van der Waals surface area contributed by atoms with Gasteiger partial charge >= 0.3 is 0 Å². The van der Waals surface area contributed by atoms with Gasteiger partial charge in [0.15, 0.2) is 6.61 Å². The van der Waals surface area contributed by atoms with Crippen molar-refractivity contribution in [1.82, 2.24) is 5.32 Å². The Labute approximate surface area is 166 Å². The fourth-order valence-electron chi connectivity index (χ4n) is 2.90. The molecule has 0 radical (unpaired) electrons. The van der Waals surface area contributed by atoms with Gasteiger partial charge in [0, 0.05) is 25.3 Å². The summed E-state index contributed by atoms with van der Waals surface area (Å²) >= 11 is 0. The Bertz CT molecular complexity index is 725. The number of carbonyl (C=O) groups is 1. The van der Waals surface area contributed by atoms with Crippen molar-refractivity contribution in [2.75, 3.05) is 44.4 Å². The Balaban J connectivity index is 1.39. The number of nitrogens with one attached hydrogen (secondary N) is 1. The van der Waals surface area contributed by atoms with Crippen LogP contribution in [0.3, 0.4) is 0 Å². The van der Waals surface area contributed by atoms with Crippen LogP contribution in [0, 0.1) is 0 Å². The van der Waals surface area contributed by atoms with Gasteiger partial charge in [0.05, 0.1) is 19.8 Å². The number of benzene rings is 2. The lowest BCUT2D eigenvalue weighted by Gasteiger charge is -2.28. The van der Waals surface area contributed by atoms with Crippen LogP contribution in [0.5, 0.6) is 11.5 Å². The monoisotopic (exact) mass is 384 g/mol. The average Bonchev–Trinajstić information content (AvgIpc) is 2.76. The Kier molecular flexibility index (Phi) is 7.55. The van der Waals surface area contributed by atoms with Gasteiger partial charge < -0.3 is 24.4 Å². The Morgan fingerprint density at radius 1 is 1.00 bits per heavy atom. The minimum atomic E-state index is -0.149. The van der Waals surface area contributed by atoms with Crippen molar-refractivity contribution in [3.8, 4) is 11.5 Å². The first kappa shape index (κ1) is 20.0. The van der Waals surface area contributed by atoms with E-state index in [1.807, 2.05) is 36.4 Å². The molecule has 0 saturated carbocycles. The zero-order chi connectivity index (χ0) is 19.6. The van der Waals surface area contributed by atoms with E-state index in [0.29, 0.717) is 18.9 Å². The molecule has 0 spiro atoms. The highest BCUT2D eigenvalue weighted by Gasteiger charge is 2.11. The summed E-state index contributed by atoms with van der Waals surface area (Å²) in [5.74, 6) is 1.30. The largest absolute Gasteiger partial charge is 0.494 e. The summed E-state index contributed by atoms with van der Waals surface area (Å²) in [6.45, 7) is 6.60. The number of hydrogen-bond donors (Lipinski definition) is 1. The normalized spacial score (nSPS) is 13.8. The van der Waals surface area contributed by atoms with Crippen LogP contribution in [0.4, 0.5) is 5.69 Å². The second-order valence-corrected chi connectivity index (χ2v) is 6.65. The summed E-state index contributed by atoms with van der Waals surface area (Å²) in [6.07, 6.45) is 0.967. The zero-order valence-corrected chi connectivity index (χ0v) is 16.4. The molecule has 1 saturated heterocycles. The van der Waals surface area contributed by atoms with Gasteiger partial charge in [0.2, 0.25) is 0 Å². The molecule has 6 nitrogen and oxygen atoms in total.